The van der Waals surface area contributed by atoms with E-state index in [0.717, 1.165) is 16.7 Å². The minimum atomic E-state index is -0.570. The summed E-state index contributed by atoms with van der Waals surface area (Å²) in [5.41, 5.74) is 2.61. The zero-order valence-electron chi connectivity index (χ0n) is 19.3. The van der Waals surface area contributed by atoms with Crippen LogP contribution in [0.4, 0.5) is 4.39 Å². The number of halogens is 1. The largest absolute Gasteiger partial charge is 0.460 e. The van der Waals surface area contributed by atoms with Crippen molar-refractivity contribution in [1.29, 1.82) is 0 Å². The van der Waals surface area contributed by atoms with Crippen LogP contribution in [-0.4, -0.2) is 16.5 Å². The number of ether oxygens (including phenoxy) is 1. The molecular formula is C28H32FNO2. The quantitative estimate of drug-likeness (QED) is 0.363. The van der Waals surface area contributed by atoms with Crippen LogP contribution in [0.25, 0.3) is 0 Å². The third-order valence-electron chi connectivity index (χ3n) is 5.42. The van der Waals surface area contributed by atoms with E-state index >= 15 is 0 Å². The van der Waals surface area contributed by atoms with E-state index in [1.807, 2.05) is 57.2 Å². The Balaban J connectivity index is 2.02. The fraction of sp³-hybridized carbons (Fsp3) is 0.321. The number of esters is 1. The van der Waals surface area contributed by atoms with Gasteiger partial charge in [-0.3, -0.25) is 9.69 Å². The van der Waals surface area contributed by atoms with E-state index < -0.39 is 5.60 Å². The second-order valence-electron chi connectivity index (χ2n) is 9.10. The van der Waals surface area contributed by atoms with Gasteiger partial charge in [0.25, 0.3) is 0 Å². The Morgan fingerprint density at radius 2 is 1.44 bits per heavy atom. The highest BCUT2D eigenvalue weighted by molar-refractivity contribution is 5.71. The molecule has 0 aromatic heterocycles. The van der Waals surface area contributed by atoms with Gasteiger partial charge < -0.3 is 4.74 Å². The summed E-state index contributed by atoms with van der Waals surface area (Å²) in [5.74, 6) is -0.569. The minimum absolute atomic E-state index is 0.0221. The first-order chi connectivity index (χ1) is 15.2. The molecule has 3 aromatic rings. The van der Waals surface area contributed by atoms with Crippen molar-refractivity contribution >= 4 is 5.97 Å². The van der Waals surface area contributed by atoms with Gasteiger partial charge in [-0.25, -0.2) is 4.39 Å². The molecule has 168 valence electrons. The molecule has 0 N–H and O–H groups in total. The zero-order valence-corrected chi connectivity index (χ0v) is 19.3. The van der Waals surface area contributed by atoms with Gasteiger partial charge in [0.2, 0.25) is 0 Å². The average Bonchev–Trinajstić information content (AvgIpc) is 2.76. The predicted molar refractivity (Wildman–Crippen MR) is 126 cm³/mol. The second-order valence-corrected chi connectivity index (χ2v) is 9.10. The van der Waals surface area contributed by atoms with E-state index in [4.69, 9.17) is 4.74 Å². The number of rotatable bonds is 8. The van der Waals surface area contributed by atoms with Crippen LogP contribution in [0.1, 0.15) is 62.9 Å². The van der Waals surface area contributed by atoms with Crippen molar-refractivity contribution < 1.29 is 13.9 Å². The minimum Gasteiger partial charge on any atom is -0.460 e. The van der Waals surface area contributed by atoms with Crippen LogP contribution < -0.4 is 0 Å². The molecule has 0 saturated heterocycles. The summed E-state index contributed by atoms with van der Waals surface area (Å²) in [4.78, 5) is 15.2. The Morgan fingerprint density at radius 1 is 0.875 bits per heavy atom. The fourth-order valence-electron chi connectivity index (χ4n) is 3.89. The molecule has 3 nitrogen and oxygen atoms in total. The van der Waals surface area contributed by atoms with Gasteiger partial charge in [-0.1, -0.05) is 72.8 Å². The summed E-state index contributed by atoms with van der Waals surface area (Å²) in [6.45, 7) is 8.38. The first kappa shape index (κ1) is 23.7. The van der Waals surface area contributed by atoms with Gasteiger partial charge in [-0.2, -0.15) is 0 Å². The van der Waals surface area contributed by atoms with Crippen molar-refractivity contribution in [3.8, 4) is 0 Å². The number of carbonyl (C=O) groups is 1. The lowest BCUT2D eigenvalue weighted by Crippen LogP contribution is -2.34. The molecule has 4 heteroatoms. The normalized spacial score (nSPS) is 13.6. The molecule has 0 aliphatic rings. The van der Waals surface area contributed by atoms with Crippen molar-refractivity contribution in [1.82, 2.24) is 4.90 Å². The molecule has 0 heterocycles. The zero-order chi connectivity index (χ0) is 23.1. The molecule has 0 spiro atoms. The first-order valence-corrected chi connectivity index (χ1v) is 11.0. The molecule has 0 aliphatic heterocycles. The highest BCUT2D eigenvalue weighted by Crippen LogP contribution is 2.35. The Bertz CT molecular complexity index is 981. The SMILES string of the molecule is C[C@H](c1ccccc1)N(Cc1ccccc1)[C@@H](CC(=O)OC(C)(C)C)c1ccc(F)cc1. The summed E-state index contributed by atoms with van der Waals surface area (Å²) < 4.78 is 19.4. The maximum absolute atomic E-state index is 13.7. The molecule has 0 aliphatic carbocycles. The van der Waals surface area contributed by atoms with Crippen LogP contribution in [0.3, 0.4) is 0 Å². The van der Waals surface area contributed by atoms with E-state index in [1.54, 1.807) is 12.1 Å². The highest BCUT2D eigenvalue weighted by atomic mass is 19.1. The summed E-state index contributed by atoms with van der Waals surface area (Å²) in [6, 6.07) is 26.6. The summed E-state index contributed by atoms with van der Waals surface area (Å²) in [7, 11) is 0. The number of carbonyl (C=O) groups excluding carboxylic acids is 1. The van der Waals surface area contributed by atoms with Crippen molar-refractivity contribution in [2.24, 2.45) is 0 Å². The van der Waals surface area contributed by atoms with Gasteiger partial charge in [0.1, 0.15) is 11.4 Å². The number of hydrogen-bond acceptors (Lipinski definition) is 3. The summed E-state index contributed by atoms with van der Waals surface area (Å²) in [6.07, 6.45) is 0.174. The predicted octanol–water partition coefficient (Wildman–Crippen LogP) is 6.86. The lowest BCUT2D eigenvalue weighted by Gasteiger charge is -2.37. The monoisotopic (exact) mass is 433 g/mol. The highest BCUT2D eigenvalue weighted by Gasteiger charge is 2.30. The third-order valence-corrected chi connectivity index (χ3v) is 5.42. The lowest BCUT2D eigenvalue weighted by molar-refractivity contribution is -0.156. The molecule has 32 heavy (non-hydrogen) atoms. The Kier molecular flexibility index (Phi) is 7.81. The van der Waals surface area contributed by atoms with E-state index in [1.165, 1.54) is 12.1 Å². The van der Waals surface area contributed by atoms with Gasteiger partial charge >= 0.3 is 5.97 Å². The maximum atomic E-state index is 13.7. The van der Waals surface area contributed by atoms with Gasteiger partial charge in [-0.15, -0.1) is 0 Å². The van der Waals surface area contributed by atoms with Crippen LogP contribution >= 0.6 is 0 Å². The van der Waals surface area contributed by atoms with Crippen molar-refractivity contribution in [3.05, 3.63) is 107 Å². The second kappa shape index (κ2) is 10.6. The van der Waals surface area contributed by atoms with Crippen LogP contribution in [-0.2, 0) is 16.1 Å². The van der Waals surface area contributed by atoms with Crippen LogP contribution in [0, 0.1) is 5.82 Å². The molecule has 0 saturated carbocycles. The van der Waals surface area contributed by atoms with E-state index in [9.17, 15) is 9.18 Å². The van der Waals surface area contributed by atoms with Crippen molar-refractivity contribution in [2.45, 2.75) is 58.3 Å². The number of nitrogens with zero attached hydrogens (tertiary/aromatic N) is 1. The maximum Gasteiger partial charge on any atom is 0.308 e. The Hall–Kier alpha value is -2.98. The van der Waals surface area contributed by atoms with E-state index in [0.29, 0.717) is 6.54 Å². The van der Waals surface area contributed by atoms with Gasteiger partial charge in [0.15, 0.2) is 0 Å². The van der Waals surface area contributed by atoms with Crippen LogP contribution in [0.15, 0.2) is 84.9 Å². The fourth-order valence-corrected chi connectivity index (χ4v) is 3.89. The van der Waals surface area contributed by atoms with Gasteiger partial charge in [0.05, 0.1) is 6.42 Å². The molecular weight excluding hydrogens is 401 g/mol. The average molecular weight is 434 g/mol. The topological polar surface area (TPSA) is 29.5 Å². The molecule has 0 bridgehead atoms. The Morgan fingerprint density at radius 3 is 2.00 bits per heavy atom. The number of hydrogen-bond donors (Lipinski definition) is 0. The van der Waals surface area contributed by atoms with Gasteiger partial charge in [0, 0.05) is 18.6 Å². The first-order valence-electron chi connectivity index (χ1n) is 11.0. The molecule has 0 fully saturated rings. The third kappa shape index (κ3) is 6.76. The van der Waals surface area contributed by atoms with Crippen molar-refractivity contribution in [3.63, 3.8) is 0 Å². The van der Waals surface area contributed by atoms with E-state index in [-0.39, 0.29) is 30.3 Å². The summed E-state index contributed by atoms with van der Waals surface area (Å²) >= 11 is 0. The molecule has 2 atom stereocenters. The Labute approximate surface area is 190 Å². The smallest absolute Gasteiger partial charge is 0.308 e. The molecule has 3 rings (SSSR count). The lowest BCUT2D eigenvalue weighted by atomic mass is 9.96. The van der Waals surface area contributed by atoms with Gasteiger partial charge in [-0.05, 0) is 56.5 Å². The molecule has 0 unspecified atom stereocenters. The van der Waals surface area contributed by atoms with Crippen LogP contribution in [0.5, 0.6) is 0 Å². The molecule has 0 radical (unpaired) electrons. The van der Waals surface area contributed by atoms with Crippen LogP contribution in [0.2, 0.25) is 0 Å². The standard InChI is InChI=1S/C28H32FNO2/c1-21(23-13-9-6-10-14-23)30(20-22-11-7-5-8-12-22)26(19-27(31)32-28(2,3)4)24-15-17-25(29)18-16-24/h5-18,21,26H,19-20H2,1-4H3/t21-,26+/m1/s1. The molecule has 3 aromatic carbocycles. The van der Waals surface area contributed by atoms with E-state index in [2.05, 4.69) is 36.1 Å². The number of benzene rings is 3. The van der Waals surface area contributed by atoms with Crippen molar-refractivity contribution in [2.75, 3.05) is 0 Å². The summed E-state index contributed by atoms with van der Waals surface area (Å²) in [5, 5.41) is 0. The molecule has 0 amide bonds.